The number of aromatic nitrogens is 2. The number of nitrogens with zero attached hydrogens (tertiary/aromatic N) is 2. The van der Waals surface area contributed by atoms with E-state index in [0.29, 0.717) is 0 Å². The van der Waals surface area contributed by atoms with Crippen LogP contribution in [0.5, 0.6) is 0 Å². The van der Waals surface area contributed by atoms with Crippen LogP contribution in [-0.4, -0.2) is 27.4 Å². The summed E-state index contributed by atoms with van der Waals surface area (Å²) in [6.45, 7) is 4.40. The summed E-state index contributed by atoms with van der Waals surface area (Å²) in [7, 11) is 0. The molecule has 2 aromatic heterocycles. The van der Waals surface area contributed by atoms with E-state index >= 15 is 0 Å². The average molecular weight is 337 g/mol. The summed E-state index contributed by atoms with van der Waals surface area (Å²) in [5.41, 5.74) is 5.99. The van der Waals surface area contributed by atoms with Gasteiger partial charge in [-0.2, -0.15) is 5.10 Å². The number of benzene rings is 1. The van der Waals surface area contributed by atoms with Gasteiger partial charge in [0.05, 0.1) is 10.6 Å². The van der Waals surface area contributed by atoms with Crippen LogP contribution < -0.4 is 0 Å². The van der Waals surface area contributed by atoms with Gasteiger partial charge in [0.1, 0.15) is 0 Å². The third-order valence-corrected chi connectivity index (χ3v) is 5.55. The van der Waals surface area contributed by atoms with Crippen molar-refractivity contribution in [3.05, 3.63) is 63.5 Å². The van der Waals surface area contributed by atoms with Gasteiger partial charge >= 0.3 is 0 Å². The van der Waals surface area contributed by atoms with E-state index in [0.717, 1.165) is 42.2 Å². The standard InChI is InChI=1S/C19H19N3OS/c1-13(23)18-9-14(12-24-18)10-22-8-7-17-16(11-22)19(21-20-17)15-5-3-2-4-6-15/h2-6,9,12H,7-8,10-11H2,1H3,(H,20,21). The van der Waals surface area contributed by atoms with Crippen molar-refractivity contribution in [2.24, 2.45) is 0 Å². The van der Waals surface area contributed by atoms with Crippen molar-refractivity contribution >= 4 is 17.1 Å². The number of H-pyrrole nitrogens is 1. The van der Waals surface area contributed by atoms with Crippen LogP contribution in [0.25, 0.3) is 11.3 Å². The first kappa shape index (κ1) is 15.3. The topological polar surface area (TPSA) is 49.0 Å². The fraction of sp³-hybridized carbons (Fsp3) is 0.263. The number of hydrogen-bond donors (Lipinski definition) is 1. The molecule has 0 aliphatic carbocycles. The smallest absolute Gasteiger partial charge is 0.169 e. The summed E-state index contributed by atoms with van der Waals surface area (Å²) in [5, 5.41) is 9.85. The molecule has 0 saturated carbocycles. The molecule has 0 atom stereocenters. The highest BCUT2D eigenvalue weighted by atomic mass is 32.1. The summed E-state index contributed by atoms with van der Waals surface area (Å²) in [6.07, 6.45) is 0.985. The van der Waals surface area contributed by atoms with Crippen molar-refractivity contribution in [2.45, 2.75) is 26.4 Å². The number of carbonyl (C=O) groups excluding carboxylic acids is 1. The van der Waals surface area contributed by atoms with Crippen LogP contribution in [0.15, 0.2) is 41.8 Å². The normalized spacial score (nSPS) is 14.5. The van der Waals surface area contributed by atoms with Gasteiger partial charge in [-0.3, -0.25) is 14.8 Å². The summed E-state index contributed by atoms with van der Waals surface area (Å²) < 4.78 is 0. The van der Waals surface area contributed by atoms with Crippen LogP contribution in [0.2, 0.25) is 0 Å². The summed E-state index contributed by atoms with van der Waals surface area (Å²) in [4.78, 5) is 14.7. The molecule has 0 amide bonds. The molecule has 0 radical (unpaired) electrons. The number of aromatic amines is 1. The minimum Gasteiger partial charge on any atom is -0.294 e. The second kappa shape index (κ2) is 6.34. The zero-order chi connectivity index (χ0) is 16.5. The maximum absolute atomic E-state index is 11.5. The molecule has 0 unspecified atom stereocenters. The second-order valence-electron chi connectivity index (χ2n) is 6.23. The molecule has 3 aromatic rings. The average Bonchev–Trinajstić information content (AvgIpc) is 3.22. The Hall–Kier alpha value is -2.24. The monoisotopic (exact) mass is 337 g/mol. The van der Waals surface area contributed by atoms with Gasteiger partial charge in [0.15, 0.2) is 5.78 Å². The van der Waals surface area contributed by atoms with Gasteiger partial charge in [-0.1, -0.05) is 30.3 Å². The number of ketones is 1. The van der Waals surface area contributed by atoms with E-state index in [1.807, 2.05) is 24.3 Å². The Kier molecular flexibility index (Phi) is 4.04. The third-order valence-electron chi connectivity index (χ3n) is 4.47. The van der Waals surface area contributed by atoms with E-state index in [2.05, 4.69) is 32.6 Å². The van der Waals surface area contributed by atoms with Crippen molar-refractivity contribution in [3.8, 4) is 11.3 Å². The minimum absolute atomic E-state index is 0.147. The number of carbonyl (C=O) groups is 1. The SMILES string of the molecule is CC(=O)c1cc(CN2CCc3[nH]nc(-c4ccccc4)c3C2)cs1. The Bertz CT molecular complexity index is 866. The van der Waals surface area contributed by atoms with Crippen molar-refractivity contribution in [1.82, 2.24) is 15.1 Å². The van der Waals surface area contributed by atoms with Gasteiger partial charge in [-0.15, -0.1) is 11.3 Å². The number of hydrogen-bond acceptors (Lipinski definition) is 4. The Morgan fingerprint density at radius 1 is 1.33 bits per heavy atom. The second-order valence-corrected chi connectivity index (χ2v) is 7.14. The summed E-state index contributed by atoms with van der Waals surface area (Å²) in [6, 6.07) is 12.4. The molecule has 1 aliphatic rings. The van der Waals surface area contributed by atoms with E-state index in [1.54, 1.807) is 6.92 Å². The molecule has 0 fully saturated rings. The van der Waals surface area contributed by atoms with Crippen LogP contribution in [0.3, 0.4) is 0 Å². The Balaban J connectivity index is 1.55. The minimum atomic E-state index is 0.147. The van der Waals surface area contributed by atoms with E-state index in [1.165, 1.54) is 28.2 Å². The van der Waals surface area contributed by atoms with Crippen molar-refractivity contribution in [2.75, 3.05) is 6.54 Å². The molecule has 24 heavy (non-hydrogen) atoms. The van der Waals surface area contributed by atoms with Crippen LogP contribution in [-0.2, 0) is 19.5 Å². The van der Waals surface area contributed by atoms with Gasteiger partial charge in [-0.25, -0.2) is 0 Å². The molecule has 4 rings (SSSR count). The highest BCUT2D eigenvalue weighted by Gasteiger charge is 2.23. The predicted molar refractivity (Wildman–Crippen MR) is 96.2 cm³/mol. The summed E-state index contributed by atoms with van der Waals surface area (Å²) >= 11 is 1.54. The van der Waals surface area contributed by atoms with Crippen LogP contribution in [0.1, 0.15) is 33.4 Å². The lowest BCUT2D eigenvalue weighted by atomic mass is 10.0. The quantitative estimate of drug-likeness (QED) is 0.735. The molecule has 3 heterocycles. The Morgan fingerprint density at radius 3 is 2.92 bits per heavy atom. The zero-order valence-corrected chi connectivity index (χ0v) is 14.4. The van der Waals surface area contributed by atoms with Gasteiger partial charge < -0.3 is 0 Å². The van der Waals surface area contributed by atoms with Gasteiger partial charge in [0, 0.05) is 42.9 Å². The van der Waals surface area contributed by atoms with E-state index < -0.39 is 0 Å². The van der Waals surface area contributed by atoms with E-state index in [-0.39, 0.29) is 5.78 Å². The highest BCUT2D eigenvalue weighted by molar-refractivity contribution is 7.12. The first-order chi connectivity index (χ1) is 11.7. The first-order valence-electron chi connectivity index (χ1n) is 8.13. The fourth-order valence-corrected chi connectivity index (χ4v) is 4.03. The van der Waals surface area contributed by atoms with Crippen LogP contribution in [0.4, 0.5) is 0 Å². The number of rotatable bonds is 4. The van der Waals surface area contributed by atoms with Gasteiger partial charge in [0.2, 0.25) is 0 Å². The van der Waals surface area contributed by atoms with Crippen molar-refractivity contribution in [3.63, 3.8) is 0 Å². The molecule has 1 N–H and O–H groups in total. The lowest BCUT2D eigenvalue weighted by Gasteiger charge is -2.26. The molecule has 122 valence electrons. The van der Waals surface area contributed by atoms with E-state index in [9.17, 15) is 4.79 Å². The molecule has 0 spiro atoms. The number of nitrogens with one attached hydrogen (secondary N) is 1. The predicted octanol–water partition coefficient (Wildman–Crippen LogP) is 3.90. The molecule has 0 bridgehead atoms. The zero-order valence-electron chi connectivity index (χ0n) is 13.6. The molecule has 1 aromatic carbocycles. The Morgan fingerprint density at radius 2 is 2.17 bits per heavy atom. The largest absolute Gasteiger partial charge is 0.294 e. The Labute approximate surface area is 145 Å². The number of fused-ring (bicyclic) bond motifs is 1. The molecular formula is C19H19N3OS. The van der Waals surface area contributed by atoms with Gasteiger partial charge in [-0.05, 0) is 23.9 Å². The van der Waals surface area contributed by atoms with E-state index in [4.69, 9.17) is 0 Å². The van der Waals surface area contributed by atoms with Crippen molar-refractivity contribution in [1.29, 1.82) is 0 Å². The highest BCUT2D eigenvalue weighted by Crippen LogP contribution is 2.29. The molecule has 1 aliphatic heterocycles. The summed E-state index contributed by atoms with van der Waals surface area (Å²) in [5.74, 6) is 0.147. The molecule has 0 saturated heterocycles. The molecule has 5 heteroatoms. The van der Waals surface area contributed by atoms with Crippen molar-refractivity contribution < 1.29 is 4.79 Å². The molecular weight excluding hydrogens is 318 g/mol. The van der Waals surface area contributed by atoms with Crippen LogP contribution >= 0.6 is 11.3 Å². The number of Topliss-reactive ketones (excluding diaryl/α,β-unsaturated/α-hetero) is 1. The third kappa shape index (κ3) is 2.92. The van der Waals surface area contributed by atoms with Gasteiger partial charge in [0.25, 0.3) is 0 Å². The molecule has 4 nitrogen and oxygen atoms in total. The van der Waals surface area contributed by atoms with Crippen LogP contribution in [0, 0.1) is 0 Å². The number of thiophene rings is 1. The maximum atomic E-state index is 11.5. The maximum Gasteiger partial charge on any atom is 0.169 e. The lowest BCUT2D eigenvalue weighted by Crippen LogP contribution is -2.29. The fourth-order valence-electron chi connectivity index (χ4n) is 3.22. The lowest BCUT2D eigenvalue weighted by molar-refractivity contribution is 0.102. The first-order valence-corrected chi connectivity index (χ1v) is 9.01.